The largest absolute Gasteiger partial charge is 0.384 e. The molecule has 0 aromatic heterocycles. The molecular formula is C13H24N2O3. The van der Waals surface area contributed by atoms with Crippen LogP contribution < -0.4 is 0 Å². The minimum absolute atomic E-state index is 0.118. The van der Waals surface area contributed by atoms with Crippen molar-refractivity contribution in [1.29, 1.82) is 0 Å². The summed E-state index contributed by atoms with van der Waals surface area (Å²) in [6, 6.07) is 0. The molecule has 1 aliphatic heterocycles. The van der Waals surface area contributed by atoms with E-state index < -0.39 is 0 Å². The Balaban J connectivity index is 2.32. The van der Waals surface area contributed by atoms with Gasteiger partial charge in [-0.1, -0.05) is 13.8 Å². The Morgan fingerprint density at radius 2 is 1.56 bits per heavy atom. The summed E-state index contributed by atoms with van der Waals surface area (Å²) in [6.07, 6.45) is 1.02. The number of ether oxygens (including phenoxy) is 1. The van der Waals surface area contributed by atoms with Crippen LogP contribution in [0.2, 0.25) is 0 Å². The Bertz CT molecular complexity index is 284. The van der Waals surface area contributed by atoms with Gasteiger partial charge in [-0.25, -0.2) is 0 Å². The normalized spacial score (nSPS) is 16.2. The van der Waals surface area contributed by atoms with Gasteiger partial charge in [0.15, 0.2) is 0 Å². The maximum Gasteiger partial charge on any atom is 0.225 e. The number of hydrogen-bond acceptors (Lipinski definition) is 3. The second-order valence-corrected chi connectivity index (χ2v) is 5.10. The van der Waals surface area contributed by atoms with Gasteiger partial charge in [-0.05, 0) is 5.92 Å². The lowest BCUT2D eigenvalue weighted by Gasteiger charge is -2.35. The fourth-order valence-corrected chi connectivity index (χ4v) is 2.03. The molecule has 1 aliphatic rings. The molecule has 0 aliphatic carbocycles. The summed E-state index contributed by atoms with van der Waals surface area (Å²) in [5, 5.41) is 0. The van der Waals surface area contributed by atoms with Crippen molar-refractivity contribution in [2.75, 3.05) is 39.9 Å². The third-order valence-electron chi connectivity index (χ3n) is 3.09. The smallest absolute Gasteiger partial charge is 0.225 e. The van der Waals surface area contributed by atoms with Crippen LogP contribution in [0.3, 0.4) is 0 Å². The van der Waals surface area contributed by atoms with Crippen LogP contribution in [0.4, 0.5) is 0 Å². The lowest BCUT2D eigenvalue weighted by molar-refractivity contribution is -0.140. The van der Waals surface area contributed by atoms with Crippen molar-refractivity contribution in [2.24, 2.45) is 5.92 Å². The predicted octanol–water partition coefficient (Wildman–Crippen LogP) is 0.740. The van der Waals surface area contributed by atoms with E-state index in [1.165, 1.54) is 0 Å². The first-order valence-corrected chi connectivity index (χ1v) is 6.59. The zero-order valence-electron chi connectivity index (χ0n) is 11.6. The summed E-state index contributed by atoms with van der Waals surface area (Å²) in [4.78, 5) is 27.3. The van der Waals surface area contributed by atoms with Crippen molar-refractivity contribution in [2.45, 2.75) is 26.7 Å². The molecule has 104 valence electrons. The van der Waals surface area contributed by atoms with E-state index in [1.807, 2.05) is 23.6 Å². The molecule has 0 radical (unpaired) electrons. The molecule has 0 unspecified atom stereocenters. The molecule has 1 fully saturated rings. The van der Waals surface area contributed by atoms with Crippen molar-refractivity contribution >= 4 is 11.8 Å². The number of methoxy groups -OCH3 is 1. The van der Waals surface area contributed by atoms with Crippen LogP contribution in [0.15, 0.2) is 0 Å². The second-order valence-electron chi connectivity index (χ2n) is 5.10. The standard InChI is InChI=1S/C13H24N2O3/c1-11(2)10-13(17)15-7-5-14(6-8-15)12(16)4-9-18-3/h11H,4-10H2,1-3H3. The number of carbonyl (C=O) groups excluding carboxylic acids is 2. The molecular weight excluding hydrogens is 232 g/mol. The van der Waals surface area contributed by atoms with E-state index in [0.717, 1.165) is 0 Å². The van der Waals surface area contributed by atoms with Gasteiger partial charge in [0.2, 0.25) is 11.8 Å². The highest BCUT2D eigenvalue weighted by Crippen LogP contribution is 2.09. The van der Waals surface area contributed by atoms with E-state index in [9.17, 15) is 9.59 Å². The molecule has 18 heavy (non-hydrogen) atoms. The van der Waals surface area contributed by atoms with E-state index in [4.69, 9.17) is 4.74 Å². The number of amides is 2. The van der Waals surface area contributed by atoms with Gasteiger partial charge in [0.05, 0.1) is 13.0 Å². The highest BCUT2D eigenvalue weighted by atomic mass is 16.5. The van der Waals surface area contributed by atoms with Crippen molar-refractivity contribution in [1.82, 2.24) is 9.80 Å². The highest BCUT2D eigenvalue weighted by molar-refractivity contribution is 5.78. The maximum absolute atomic E-state index is 11.9. The Morgan fingerprint density at radius 3 is 2.00 bits per heavy atom. The minimum atomic E-state index is 0.118. The highest BCUT2D eigenvalue weighted by Gasteiger charge is 2.23. The van der Waals surface area contributed by atoms with Crippen molar-refractivity contribution < 1.29 is 14.3 Å². The summed E-state index contributed by atoms with van der Waals surface area (Å²) in [5.74, 6) is 0.709. The average molecular weight is 256 g/mol. The first-order valence-electron chi connectivity index (χ1n) is 6.59. The number of hydrogen-bond donors (Lipinski definition) is 0. The van der Waals surface area contributed by atoms with Crippen LogP contribution in [0.25, 0.3) is 0 Å². The molecule has 5 nitrogen and oxygen atoms in total. The molecule has 0 atom stereocenters. The quantitative estimate of drug-likeness (QED) is 0.729. The van der Waals surface area contributed by atoms with Crippen molar-refractivity contribution in [3.05, 3.63) is 0 Å². The van der Waals surface area contributed by atoms with Crippen LogP contribution in [0, 0.1) is 5.92 Å². The fourth-order valence-electron chi connectivity index (χ4n) is 2.03. The first-order chi connectivity index (χ1) is 8.54. The summed E-state index contributed by atoms with van der Waals surface area (Å²) >= 11 is 0. The molecule has 0 spiro atoms. The summed E-state index contributed by atoms with van der Waals surface area (Å²) in [6.45, 7) is 7.16. The van der Waals surface area contributed by atoms with Crippen molar-refractivity contribution in [3.8, 4) is 0 Å². The molecule has 0 bridgehead atoms. The van der Waals surface area contributed by atoms with E-state index in [1.54, 1.807) is 7.11 Å². The van der Waals surface area contributed by atoms with Gasteiger partial charge in [0, 0.05) is 39.7 Å². The average Bonchev–Trinajstić information content (AvgIpc) is 2.35. The third kappa shape index (κ3) is 4.64. The summed E-state index contributed by atoms with van der Waals surface area (Å²) < 4.78 is 4.89. The second kappa shape index (κ2) is 7.36. The summed E-state index contributed by atoms with van der Waals surface area (Å²) in [5.41, 5.74) is 0. The number of piperazine rings is 1. The SMILES string of the molecule is COCCC(=O)N1CCN(C(=O)CC(C)C)CC1. The molecule has 0 aromatic carbocycles. The Labute approximate surface area is 109 Å². The number of rotatable bonds is 5. The molecule has 0 saturated carbocycles. The van der Waals surface area contributed by atoms with Gasteiger partial charge in [0.25, 0.3) is 0 Å². The van der Waals surface area contributed by atoms with E-state index in [0.29, 0.717) is 51.5 Å². The van der Waals surface area contributed by atoms with E-state index in [-0.39, 0.29) is 11.8 Å². The number of nitrogens with zero attached hydrogens (tertiary/aromatic N) is 2. The molecule has 0 N–H and O–H groups in total. The first kappa shape index (κ1) is 15.0. The van der Waals surface area contributed by atoms with Gasteiger partial charge in [-0.2, -0.15) is 0 Å². The topological polar surface area (TPSA) is 49.9 Å². The van der Waals surface area contributed by atoms with Crippen LogP contribution in [-0.2, 0) is 14.3 Å². The summed E-state index contributed by atoms with van der Waals surface area (Å²) in [7, 11) is 1.59. The molecule has 0 aromatic rings. The van der Waals surface area contributed by atoms with Gasteiger partial charge in [0.1, 0.15) is 0 Å². The van der Waals surface area contributed by atoms with Gasteiger partial charge < -0.3 is 14.5 Å². The minimum Gasteiger partial charge on any atom is -0.384 e. The lowest BCUT2D eigenvalue weighted by Crippen LogP contribution is -2.50. The third-order valence-corrected chi connectivity index (χ3v) is 3.09. The van der Waals surface area contributed by atoms with Gasteiger partial charge >= 0.3 is 0 Å². The Morgan fingerprint density at radius 1 is 1.06 bits per heavy atom. The van der Waals surface area contributed by atoms with Gasteiger partial charge in [-0.3, -0.25) is 9.59 Å². The maximum atomic E-state index is 11.9. The molecule has 1 saturated heterocycles. The monoisotopic (exact) mass is 256 g/mol. The molecule has 1 rings (SSSR count). The predicted molar refractivity (Wildman–Crippen MR) is 69.1 cm³/mol. The van der Waals surface area contributed by atoms with Gasteiger partial charge in [-0.15, -0.1) is 0 Å². The number of carbonyl (C=O) groups is 2. The molecule has 2 amide bonds. The molecule has 1 heterocycles. The fraction of sp³-hybridized carbons (Fsp3) is 0.846. The Hall–Kier alpha value is -1.10. The van der Waals surface area contributed by atoms with Crippen molar-refractivity contribution in [3.63, 3.8) is 0 Å². The van der Waals surface area contributed by atoms with Crippen LogP contribution in [0.5, 0.6) is 0 Å². The zero-order valence-corrected chi connectivity index (χ0v) is 11.6. The van der Waals surface area contributed by atoms with E-state index >= 15 is 0 Å². The lowest BCUT2D eigenvalue weighted by atomic mass is 10.1. The van der Waals surface area contributed by atoms with E-state index in [2.05, 4.69) is 0 Å². The van der Waals surface area contributed by atoms with Crippen LogP contribution in [-0.4, -0.2) is 61.5 Å². The molecule has 5 heteroatoms. The zero-order chi connectivity index (χ0) is 13.5. The Kier molecular flexibility index (Phi) is 6.12. The van der Waals surface area contributed by atoms with Crippen LogP contribution in [0.1, 0.15) is 26.7 Å². The van der Waals surface area contributed by atoms with Crippen LogP contribution >= 0.6 is 0 Å².